The Balaban J connectivity index is 2.38. The minimum absolute atomic E-state index is 0.0584. The van der Waals surface area contributed by atoms with Gasteiger partial charge in [-0.2, -0.15) is 0 Å². The van der Waals surface area contributed by atoms with Gasteiger partial charge >= 0.3 is 0 Å². The number of rotatable bonds is 5. The van der Waals surface area contributed by atoms with E-state index < -0.39 is 10.0 Å². The first-order valence-electron chi connectivity index (χ1n) is 5.93. The van der Waals surface area contributed by atoms with Gasteiger partial charge in [0.1, 0.15) is 12.4 Å². The minimum atomic E-state index is -3.80. The lowest BCUT2D eigenvalue weighted by Gasteiger charge is -2.08. The van der Waals surface area contributed by atoms with Crippen LogP contribution in [0.4, 0.5) is 0 Å². The highest BCUT2D eigenvalue weighted by Crippen LogP contribution is 2.31. The molecule has 0 bridgehead atoms. The Morgan fingerprint density at radius 1 is 1.29 bits per heavy atom. The van der Waals surface area contributed by atoms with Crippen LogP contribution in [0.1, 0.15) is 0 Å². The first-order chi connectivity index (χ1) is 9.91. The third-order valence-electron chi connectivity index (χ3n) is 2.65. The van der Waals surface area contributed by atoms with Crippen LogP contribution < -0.4 is 9.88 Å². The van der Waals surface area contributed by atoms with E-state index in [0.29, 0.717) is 16.9 Å². The molecule has 2 rings (SSSR count). The van der Waals surface area contributed by atoms with Crippen LogP contribution in [0.15, 0.2) is 41.6 Å². The Kier molecular flexibility index (Phi) is 4.79. The average molecular weight is 329 g/mol. The summed E-state index contributed by atoms with van der Waals surface area (Å²) in [5.41, 5.74) is 1.27. The zero-order valence-corrected chi connectivity index (χ0v) is 12.4. The summed E-state index contributed by atoms with van der Waals surface area (Å²) in [5.74, 6) is 0.480. The molecule has 0 saturated heterocycles. The summed E-state index contributed by atoms with van der Waals surface area (Å²) in [7, 11) is -3.80. The Bertz CT molecular complexity index is 750. The molecule has 0 aliphatic heterocycles. The second kappa shape index (κ2) is 6.40. The number of halogens is 1. The van der Waals surface area contributed by atoms with Gasteiger partial charge in [0.2, 0.25) is 10.0 Å². The average Bonchev–Trinajstić information content (AvgIpc) is 2.44. The van der Waals surface area contributed by atoms with Gasteiger partial charge in [-0.25, -0.2) is 13.6 Å². The summed E-state index contributed by atoms with van der Waals surface area (Å²) in [5, 5.41) is 14.0. The van der Waals surface area contributed by atoms with Crippen LogP contribution in [0.3, 0.4) is 0 Å². The van der Waals surface area contributed by atoms with Crippen LogP contribution in [0, 0.1) is 0 Å². The molecule has 6 nitrogen and oxygen atoms in total. The summed E-state index contributed by atoms with van der Waals surface area (Å²) in [6, 6.07) is 5.90. The summed E-state index contributed by atoms with van der Waals surface area (Å²) in [6.07, 6.45) is 3.08. The zero-order chi connectivity index (χ0) is 15.5. The standard InChI is InChI=1S/C13H13ClN2O4S/c14-13-6-11(21(15,18)19)1-2-12(13)9-5-10(8-16-7-9)20-4-3-17/h1-2,5-8,17H,3-4H2,(H2,15,18,19). The lowest BCUT2D eigenvalue weighted by atomic mass is 10.1. The number of aliphatic hydroxyl groups excluding tert-OH is 1. The Morgan fingerprint density at radius 2 is 2.05 bits per heavy atom. The summed E-state index contributed by atoms with van der Waals surface area (Å²) in [4.78, 5) is 3.96. The number of primary sulfonamides is 1. The predicted molar refractivity (Wildman–Crippen MR) is 78.6 cm³/mol. The second-order valence-corrected chi connectivity index (χ2v) is 6.14. The Labute approximate surface area is 127 Å². The van der Waals surface area contributed by atoms with Crippen molar-refractivity contribution in [1.82, 2.24) is 4.98 Å². The van der Waals surface area contributed by atoms with Crippen molar-refractivity contribution in [3.63, 3.8) is 0 Å². The van der Waals surface area contributed by atoms with E-state index in [-0.39, 0.29) is 23.1 Å². The molecule has 0 atom stereocenters. The van der Waals surface area contributed by atoms with Crippen LogP contribution >= 0.6 is 11.6 Å². The predicted octanol–water partition coefficient (Wildman–Crippen LogP) is 1.42. The monoisotopic (exact) mass is 328 g/mol. The molecule has 0 aliphatic rings. The SMILES string of the molecule is NS(=O)(=O)c1ccc(-c2cncc(OCCO)c2)c(Cl)c1. The molecule has 1 heterocycles. The lowest BCUT2D eigenvalue weighted by molar-refractivity contribution is 0.201. The molecule has 0 saturated carbocycles. The normalized spacial score (nSPS) is 11.4. The van der Waals surface area contributed by atoms with Crippen molar-refractivity contribution in [2.24, 2.45) is 5.14 Å². The molecule has 112 valence electrons. The van der Waals surface area contributed by atoms with E-state index in [4.69, 9.17) is 26.6 Å². The molecule has 0 aliphatic carbocycles. The number of benzene rings is 1. The summed E-state index contributed by atoms with van der Waals surface area (Å²) in [6.45, 7) is 0.0528. The van der Waals surface area contributed by atoms with Crippen molar-refractivity contribution in [3.8, 4) is 16.9 Å². The topological polar surface area (TPSA) is 103 Å². The number of aromatic nitrogens is 1. The fourth-order valence-corrected chi connectivity index (χ4v) is 2.61. The largest absolute Gasteiger partial charge is 0.490 e. The molecule has 1 aromatic heterocycles. The van der Waals surface area contributed by atoms with Crippen LogP contribution in [-0.4, -0.2) is 31.7 Å². The van der Waals surface area contributed by atoms with Crippen molar-refractivity contribution in [1.29, 1.82) is 0 Å². The third kappa shape index (κ3) is 3.92. The first kappa shape index (κ1) is 15.7. The maximum Gasteiger partial charge on any atom is 0.238 e. The molecule has 0 amide bonds. The van der Waals surface area contributed by atoms with Crippen molar-refractivity contribution in [2.45, 2.75) is 4.90 Å². The van der Waals surface area contributed by atoms with Gasteiger partial charge in [0.25, 0.3) is 0 Å². The highest BCUT2D eigenvalue weighted by molar-refractivity contribution is 7.89. The maximum absolute atomic E-state index is 11.3. The van der Waals surface area contributed by atoms with E-state index in [1.807, 2.05) is 0 Å². The van der Waals surface area contributed by atoms with Crippen LogP contribution in [0.25, 0.3) is 11.1 Å². The molecule has 8 heteroatoms. The number of sulfonamides is 1. The summed E-state index contributed by atoms with van der Waals surface area (Å²) >= 11 is 6.10. The molecule has 2 aromatic rings. The van der Waals surface area contributed by atoms with Gasteiger partial charge in [-0.05, 0) is 18.2 Å². The summed E-state index contributed by atoms with van der Waals surface area (Å²) < 4.78 is 27.8. The van der Waals surface area contributed by atoms with Gasteiger partial charge in [0.15, 0.2) is 0 Å². The van der Waals surface area contributed by atoms with E-state index in [1.54, 1.807) is 18.3 Å². The third-order valence-corrected chi connectivity index (χ3v) is 3.88. The van der Waals surface area contributed by atoms with Gasteiger partial charge in [-0.3, -0.25) is 4.98 Å². The zero-order valence-electron chi connectivity index (χ0n) is 10.9. The molecular formula is C13H13ClN2O4S. The lowest BCUT2D eigenvalue weighted by Crippen LogP contribution is -2.11. The number of hydrogen-bond acceptors (Lipinski definition) is 5. The molecule has 21 heavy (non-hydrogen) atoms. The van der Waals surface area contributed by atoms with Crippen LogP contribution in [0.2, 0.25) is 5.02 Å². The number of nitrogens with two attached hydrogens (primary N) is 1. The second-order valence-electron chi connectivity index (χ2n) is 4.17. The van der Waals surface area contributed by atoms with Crippen LogP contribution in [0.5, 0.6) is 5.75 Å². The quantitative estimate of drug-likeness (QED) is 0.864. The smallest absolute Gasteiger partial charge is 0.238 e. The van der Waals surface area contributed by atoms with E-state index in [1.165, 1.54) is 18.3 Å². The molecule has 0 fully saturated rings. The fraction of sp³-hybridized carbons (Fsp3) is 0.154. The van der Waals surface area contributed by atoms with E-state index >= 15 is 0 Å². The van der Waals surface area contributed by atoms with Gasteiger partial charge in [-0.15, -0.1) is 0 Å². The molecule has 0 radical (unpaired) electrons. The first-order valence-corrected chi connectivity index (χ1v) is 7.85. The van der Waals surface area contributed by atoms with E-state index in [9.17, 15) is 8.42 Å². The molecule has 3 N–H and O–H groups in total. The van der Waals surface area contributed by atoms with Gasteiger partial charge in [-0.1, -0.05) is 17.7 Å². The van der Waals surface area contributed by atoms with Gasteiger partial charge < -0.3 is 9.84 Å². The van der Waals surface area contributed by atoms with Crippen LogP contribution in [-0.2, 0) is 10.0 Å². The molecule has 1 aromatic carbocycles. The highest BCUT2D eigenvalue weighted by Gasteiger charge is 2.12. The fourth-order valence-electron chi connectivity index (χ4n) is 1.72. The number of ether oxygens (including phenoxy) is 1. The van der Waals surface area contributed by atoms with Gasteiger partial charge in [0.05, 0.1) is 17.7 Å². The van der Waals surface area contributed by atoms with Crippen molar-refractivity contribution >= 4 is 21.6 Å². The van der Waals surface area contributed by atoms with Crippen molar-refractivity contribution in [2.75, 3.05) is 13.2 Å². The van der Waals surface area contributed by atoms with E-state index in [2.05, 4.69) is 4.98 Å². The molecule has 0 unspecified atom stereocenters. The highest BCUT2D eigenvalue weighted by atomic mass is 35.5. The maximum atomic E-state index is 11.3. The van der Waals surface area contributed by atoms with E-state index in [0.717, 1.165) is 0 Å². The number of pyridine rings is 1. The molecular weight excluding hydrogens is 316 g/mol. The van der Waals surface area contributed by atoms with Gasteiger partial charge in [0, 0.05) is 22.3 Å². The van der Waals surface area contributed by atoms with Crippen molar-refractivity contribution < 1.29 is 18.3 Å². The number of aliphatic hydroxyl groups is 1. The number of nitrogens with zero attached hydrogens (tertiary/aromatic N) is 1. The Morgan fingerprint density at radius 3 is 2.67 bits per heavy atom. The van der Waals surface area contributed by atoms with Crippen molar-refractivity contribution in [3.05, 3.63) is 41.7 Å². The number of hydrogen-bond donors (Lipinski definition) is 2. The molecule has 0 spiro atoms. The minimum Gasteiger partial charge on any atom is -0.490 e. The Hall–Kier alpha value is -1.67.